The number of hydrogen-bond acceptors (Lipinski definition) is 9. The summed E-state index contributed by atoms with van der Waals surface area (Å²) in [7, 11) is 0. The van der Waals surface area contributed by atoms with E-state index in [2.05, 4.69) is 47.6 Å². The zero-order valence-corrected chi connectivity index (χ0v) is 19.7. The van der Waals surface area contributed by atoms with E-state index < -0.39 is 5.82 Å². The molecule has 0 saturated carbocycles. The molecular weight excluding hydrogens is 461 g/mol. The van der Waals surface area contributed by atoms with Crippen molar-refractivity contribution >= 4 is 23.1 Å². The van der Waals surface area contributed by atoms with E-state index in [-0.39, 0.29) is 0 Å². The summed E-state index contributed by atoms with van der Waals surface area (Å²) in [5.74, 6) is 1.14. The maximum absolute atomic E-state index is 14.8. The molecule has 12 heteroatoms. The van der Waals surface area contributed by atoms with Gasteiger partial charge in [0.15, 0.2) is 0 Å². The van der Waals surface area contributed by atoms with Crippen LogP contribution in [0.25, 0.3) is 11.2 Å². The van der Waals surface area contributed by atoms with Gasteiger partial charge in [0.2, 0.25) is 11.9 Å². The summed E-state index contributed by atoms with van der Waals surface area (Å²) < 4.78 is 18.1. The molecule has 6 rings (SSSR count). The van der Waals surface area contributed by atoms with E-state index in [1.54, 1.807) is 24.7 Å². The Balaban J connectivity index is 1.19. The van der Waals surface area contributed by atoms with Crippen molar-refractivity contribution in [1.82, 2.24) is 44.5 Å². The Hall–Kier alpha value is -4.48. The van der Waals surface area contributed by atoms with Crippen LogP contribution in [0.4, 0.5) is 22.0 Å². The van der Waals surface area contributed by atoms with Crippen LogP contribution in [0.15, 0.2) is 55.5 Å². The molecule has 0 spiro atoms. The maximum atomic E-state index is 14.8. The molecule has 5 heterocycles. The third kappa shape index (κ3) is 4.10. The van der Waals surface area contributed by atoms with Crippen molar-refractivity contribution in [1.29, 1.82) is 0 Å². The molecule has 1 aliphatic heterocycles. The number of fused-ring (bicyclic) bond motifs is 1. The van der Waals surface area contributed by atoms with E-state index in [4.69, 9.17) is 4.98 Å². The summed E-state index contributed by atoms with van der Waals surface area (Å²) in [4.78, 5) is 20.4. The first kappa shape index (κ1) is 22.0. The number of imidazole rings is 1. The Kier molecular flexibility index (Phi) is 5.68. The summed E-state index contributed by atoms with van der Waals surface area (Å²) >= 11 is 0. The topological polar surface area (TPSA) is 115 Å². The van der Waals surface area contributed by atoms with Gasteiger partial charge in [0.05, 0.1) is 22.6 Å². The van der Waals surface area contributed by atoms with Gasteiger partial charge in [-0.3, -0.25) is 4.40 Å². The van der Waals surface area contributed by atoms with Crippen LogP contribution in [0.1, 0.15) is 36.9 Å². The lowest BCUT2D eigenvalue weighted by molar-refractivity contribution is 0.494. The van der Waals surface area contributed by atoms with Gasteiger partial charge < -0.3 is 10.2 Å². The summed E-state index contributed by atoms with van der Waals surface area (Å²) in [6, 6.07) is 6.68. The van der Waals surface area contributed by atoms with Crippen LogP contribution in [0, 0.1) is 5.82 Å². The van der Waals surface area contributed by atoms with Gasteiger partial charge in [0.25, 0.3) is 0 Å². The van der Waals surface area contributed by atoms with Crippen LogP contribution in [-0.2, 0) is 6.42 Å². The number of benzene rings is 1. The Morgan fingerprint density at radius 1 is 1.03 bits per heavy atom. The highest BCUT2D eigenvalue weighted by Crippen LogP contribution is 2.32. The Morgan fingerprint density at radius 3 is 2.58 bits per heavy atom. The van der Waals surface area contributed by atoms with Crippen LogP contribution in [0.5, 0.6) is 0 Å². The molecule has 182 valence electrons. The van der Waals surface area contributed by atoms with Crippen LogP contribution >= 0.6 is 0 Å². The molecule has 0 atom stereocenters. The van der Waals surface area contributed by atoms with Gasteiger partial charge in [-0.05, 0) is 53.5 Å². The monoisotopic (exact) mass is 485 g/mol. The fraction of sp³-hybridized carbons (Fsp3) is 0.292. The molecule has 0 unspecified atom stereocenters. The number of rotatable bonds is 6. The summed E-state index contributed by atoms with van der Waals surface area (Å²) in [5, 5.41) is 14.1. The second kappa shape index (κ2) is 9.29. The lowest BCUT2D eigenvalue weighted by Gasteiger charge is -2.31. The van der Waals surface area contributed by atoms with Crippen molar-refractivity contribution in [2.45, 2.75) is 32.1 Å². The fourth-order valence-electron chi connectivity index (χ4n) is 4.55. The number of piperidine rings is 1. The minimum Gasteiger partial charge on any atom is -0.341 e. The molecule has 0 amide bonds. The Morgan fingerprint density at radius 2 is 1.86 bits per heavy atom. The van der Waals surface area contributed by atoms with Crippen molar-refractivity contribution in [2.75, 3.05) is 23.3 Å². The molecule has 1 N–H and O–H groups in total. The number of nitrogens with one attached hydrogen (secondary N) is 1. The van der Waals surface area contributed by atoms with E-state index in [0.717, 1.165) is 55.1 Å². The summed E-state index contributed by atoms with van der Waals surface area (Å²) in [6.07, 6.45) is 11.5. The number of aryl methyl sites for hydroxylation is 1. The molecule has 1 aromatic carbocycles. The van der Waals surface area contributed by atoms with Gasteiger partial charge in [0, 0.05) is 43.7 Å². The molecule has 0 bridgehead atoms. The number of nitrogens with zero attached hydrogens (tertiary/aromatic N) is 10. The molecule has 36 heavy (non-hydrogen) atoms. The van der Waals surface area contributed by atoms with Crippen LogP contribution in [0.3, 0.4) is 0 Å². The van der Waals surface area contributed by atoms with Crippen molar-refractivity contribution in [2.24, 2.45) is 0 Å². The van der Waals surface area contributed by atoms with Crippen LogP contribution in [0.2, 0.25) is 0 Å². The van der Waals surface area contributed by atoms with E-state index in [1.807, 2.05) is 22.9 Å². The first-order valence-electron chi connectivity index (χ1n) is 11.9. The smallest absolute Gasteiger partial charge is 0.225 e. The highest BCUT2D eigenvalue weighted by Gasteiger charge is 2.25. The zero-order chi connectivity index (χ0) is 24.5. The van der Waals surface area contributed by atoms with Gasteiger partial charge >= 0.3 is 0 Å². The molecule has 0 radical (unpaired) electrons. The Labute approximate surface area is 206 Å². The average molecular weight is 486 g/mol. The molecule has 11 nitrogen and oxygen atoms in total. The van der Waals surface area contributed by atoms with Gasteiger partial charge in [-0.1, -0.05) is 6.92 Å². The fourth-order valence-corrected chi connectivity index (χ4v) is 4.55. The number of anilines is 3. The lowest BCUT2D eigenvalue weighted by Crippen LogP contribution is -2.34. The SMILES string of the molecule is CCc1cnc(N2CCC(c3ncn4c(Nc5ccc(-n6cnnn6)cc5F)nccc34)CC2)nc1. The molecule has 1 fully saturated rings. The molecule has 4 aromatic heterocycles. The van der Waals surface area contributed by atoms with E-state index >= 15 is 0 Å². The number of hydrogen-bond donors (Lipinski definition) is 1. The first-order valence-corrected chi connectivity index (χ1v) is 11.9. The number of tetrazole rings is 1. The predicted octanol–water partition coefficient (Wildman–Crippen LogP) is 3.32. The quantitative estimate of drug-likeness (QED) is 0.387. The standard InChI is InChI=1S/C24H24FN11/c1-2-16-12-27-23(28-13-16)34-9-6-17(7-10-34)22-21-5-8-26-24(35(21)14-29-22)31-20-4-3-18(11-19(20)25)36-15-30-32-33-36/h3-5,8,11-15,17H,2,6-7,9-10H2,1H3,(H,26,31). The second-order valence-electron chi connectivity index (χ2n) is 8.70. The third-order valence-corrected chi connectivity index (χ3v) is 6.57. The highest BCUT2D eigenvalue weighted by atomic mass is 19.1. The molecule has 1 saturated heterocycles. The van der Waals surface area contributed by atoms with Gasteiger partial charge in [0.1, 0.15) is 18.5 Å². The minimum atomic E-state index is -0.441. The summed E-state index contributed by atoms with van der Waals surface area (Å²) in [6.45, 7) is 3.83. The van der Waals surface area contributed by atoms with Gasteiger partial charge in [-0.15, -0.1) is 5.10 Å². The summed E-state index contributed by atoms with van der Waals surface area (Å²) in [5.41, 5.74) is 3.94. The van der Waals surface area contributed by atoms with Crippen molar-refractivity contribution in [3.05, 3.63) is 72.6 Å². The van der Waals surface area contributed by atoms with Crippen molar-refractivity contribution < 1.29 is 4.39 Å². The zero-order valence-electron chi connectivity index (χ0n) is 19.7. The van der Waals surface area contributed by atoms with Crippen LogP contribution in [-0.4, -0.2) is 57.6 Å². The van der Waals surface area contributed by atoms with Gasteiger partial charge in [-0.25, -0.2) is 29.0 Å². The third-order valence-electron chi connectivity index (χ3n) is 6.57. The number of halogens is 1. The van der Waals surface area contributed by atoms with E-state index in [0.29, 0.717) is 23.2 Å². The Bertz CT molecular complexity index is 1470. The highest BCUT2D eigenvalue weighted by molar-refractivity contribution is 5.62. The molecular formula is C24H24FN11. The van der Waals surface area contributed by atoms with Crippen molar-refractivity contribution in [3.8, 4) is 5.69 Å². The molecule has 1 aliphatic rings. The lowest BCUT2D eigenvalue weighted by atomic mass is 9.93. The van der Waals surface area contributed by atoms with E-state index in [9.17, 15) is 4.39 Å². The second-order valence-corrected chi connectivity index (χ2v) is 8.70. The minimum absolute atomic E-state index is 0.296. The molecule has 5 aromatic rings. The predicted molar refractivity (Wildman–Crippen MR) is 131 cm³/mol. The number of aromatic nitrogens is 9. The van der Waals surface area contributed by atoms with E-state index in [1.165, 1.54) is 17.1 Å². The maximum Gasteiger partial charge on any atom is 0.225 e. The normalized spacial score (nSPS) is 14.4. The van der Waals surface area contributed by atoms with Gasteiger partial charge in [-0.2, -0.15) is 0 Å². The first-order chi connectivity index (χ1) is 17.7. The van der Waals surface area contributed by atoms with Crippen molar-refractivity contribution in [3.63, 3.8) is 0 Å². The average Bonchev–Trinajstić information content (AvgIpc) is 3.61. The van der Waals surface area contributed by atoms with Crippen LogP contribution < -0.4 is 10.2 Å². The molecule has 0 aliphatic carbocycles. The largest absolute Gasteiger partial charge is 0.341 e.